The number of fused-ring (bicyclic) bond motifs is 14. The summed E-state index contributed by atoms with van der Waals surface area (Å²) in [5.74, 6) is 5.08. The average molecular weight is 727 g/mol. The Bertz CT molecular complexity index is 3030. The zero-order valence-electron chi connectivity index (χ0n) is 31.4. The third-order valence-electron chi connectivity index (χ3n) is 12.3. The third-order valence-corrected chi connectivity index (χ3v) is 12.3. The van der Waals surface area contributed by atoms with Gasteiger partial charge in [0.05, 0.1) is 11.6 Å². The van der Waals surface area contributed by atoms with E-state index in [1.54, 1.807) is 6.21 Å². The maximum absolute atomic E-state index is 5.08. The molecular formula is C55H38N2. The quantitative estimate of drug-likeness (QED) is 0.109. The Morgan fingerprint density at radius 2 is 1.00 bits per heavy atom. The number of nitrogens with zero attached hydrogens (tertiary/aromatic N) is 1. The number of hydrogen-bond donors (Lipinski definition) is 1. The van der Waals surface area contributed by atoms with E-state index >= 15 is 0 Å². The van der Waals surface area contributed by atoms with Crippen LogP contribution in [0.1, 0.15) is 38.9 Å². The molecule has 0 fully saturated rings. The van der Waals surface area contributed by atoms with Crippen LogP contribution in [0.3, 0.4) is 0 Å². The Morgan fingerprint density at radius 3 is 1.74 bits per heavy atom. The summed E-state index contributed by atoms with van der Waals surface area (Å²) in [7, 11) is 0. The van der Waals surface area contributed by atoms with Crippen LogP contribution in [0.4, 0.5) is 0 Å². The number of rotatable bonds is 4. The molecule has 0 bridgehead atoms. The lowest BCUT2D eigenvalue weighted by molar-refractivity contribution is 0.782. The molecule has 0 saturated carbocycles. The van der Waals surface area contributed by atoms with Gasteiger partial charge in [0.2, 0.25) is 0 Å². The van der Waals surface area contributed by atoms with Gasteiger partial charge >= 0.3 is 0 Å². The lowest BCUT2D eigenvalue weighted by Gasteiger charge is -2.32. The van der Waals surface area contributed by atoms with Gasteiger partial charge in [0, 0.05) is 0 Å². The van der Waals surface area contributed by atoms with Crippen molar-refractivity contribution in [3.05, 3.63) is 239 Å². The SMILES string of the molecule is N/N=C\c1ccc(-c2ccccc2)cc1.c1ccc(Cc2cccc3c2C2(c4ccccc4-3)c3ccccc3-c3c2cc2c4c(cccc34)-c3ccccc3-2)cc1. The first-order chi connectivity index (χ1) is 28.3. The molecular weight excluding hydrogens is 689 g/mol. The largest absolute Gasteiger partial charge is 0.323 e. The summed E-state index contributed by atoms with van der Waals surface area (Å²) >= 11 is 0. The van der Waals surface area contributed by atoms with Crippen molar-refractivity contribution < 1.29 is 0 Å². The van der Waals surface area contributed by atoms with Crippen molar-refractivity contribution >= 4 is 17.0 Å². The Balaban J connectivity index is 0.000000211. The van der Waals surface area contributed by atoms with Gasteiger partial charge in [-0.15, -0.1) is 0 Å². The zero-order valence-corrected chi connectivity index (χ0v) is 31.4. The summed E-state index contributed by atoms with van der Waals surface area (Å²) < 4.78 is 0. The molecule has 57 heavy (non-hydrogen) atoms. The van der Waals surface area contributed by atoms with Crippen LogP contribution >= 0.6 is 0 Å². The molecule has 9 aromatic carbocycles. The molecule has 9 aromatic rings. The highest BCUT2D eigenvalue weighted by atomic mass is 15.1. The van der Waals surface area contributed by atoms with Gasteiger partial charge in [-0.2, -0.15) is 5.10 Å². The lowest BCUT2D eigenvalue weighted by Crippen LogP contribution is -2.27. The van der Waals surface area contributed by atoms with Crippen molar-refractivity contribution in [1.29, 1.82) is 0 Å². The Labute approximate surface area is 333 Å². The standard InChI is InChI=1S/C42H26.C13H12N2/c1-2-12-26(13-3-1)24-27-14-10-20-32-30-17-6-8-22-36(30)42(41(27)32)37-23-9-7-18-33(37)40-34-21-11-19-31-28-15-4-5-16-29(28)35(39(31)34)25-38(40)42;14-15-10-11-6-8-13(9-7-11)12-4-2-1-3-5-12/h1-23,25H,24H2;1-10H,14H2/b;15-10-. The second-order valence-electron chi connectivity index (χ2n) is 15.2. The number of hydrogen-bond acceptors (Lipinski definition) is 2. The van der Waals surface area contributed by atoms with Gasteiger partial charge in [0.15, 0.2) is 0 Å². The maximum atomic E-state index is 5.08. The van der Waals surface area contributed by atoms with E-state index in [1.165, 1.54) is 99.8 Å². The number of nitrogens with two attached hydrogens (primary N) is 1. The van der Waals surface area contributed by atoms with E-state index < -0.39 is 0 Å². The molecule has 3 aliphatic rings. The Hall–Kier alpha value is -7.29. The van der Waals surface area contributed by atoms with E-state index in [1.807, 2.05) is 30.3 Å². The van der Waals surface area contributed by atoms with Gasteiger partial charge in [-0.25, -0.2) is 0 Å². The van der Waals surface area contributed by atoms with E-state index in [-0.39, 0.29) is 5.41 Å². The molecule has 1 atom stereocenters. The van der Waals surface area contributed by atoms with E-state index in [9.17, 15) is 0 Å². The molecule has 0 saturated heterocycles. The predicted molar refractivity (Wildman–Crippen MR) is 238 cm³/mol. The molecule has 268 valence electrons. The highest BCUT2D eigenvalue weighted by molar-refractivity contribution is 6.21. The highest BCUT2D eigenvalue weighted by Crippen LogP contribution is 2.66. The van der Waals surface area contributed by atoms with Crippen LogP contribution in [0.2, 0.25) is 0 Å². The van der Waals surface area contributed by atoms with Crippen molar-refractivity contribution in [1.82, 2.24) is 0 Å². The lowest BCUT2D eigenvalue weighted by atomic mass is 9.68. The van der Waals surface area contributed by atoms with Crippen molar-refractivity contribution in [2.45, 2.75) is 11.8 Å². The van der Waals surface area contributed by atoms with E-state index in [0.717, 1.165) is 12.0 Å². The minimum absolute atomic E-state index is 0.374. The first-order valence-corrected chi connectivity index (χ1v) is 19.7. The van der Waals surface area contributed by atoms with Crippen LogP contribution in [0, 0.1) is 0 Å². The van der Waals surface area contributed by atoms with Crippen LogP contribution < -0.4 is 5.84 Å². The van der Waals surface area contributed by atoms with Gasteiger partial charge in [-0.3, -0.25) is 0 Å². The van der Waals surface area contributed by atoms with Gasteiger partial charge in [0.25, 0.3) is 0 Å². The van der Waals surface area contributed by atoms with Crippen molar-refractivity contribution in [3.63, 3.8) is 0 Å². The van der Waals surface area contributed by atoms with E-state index in [0.29, 0.717) is 0 Å². The molecule has 0 amide bonds. The minimum Gasteiger partial charge on any atom is -0.323 e. The summed E-state index contributed by atoms with van der Waals surface area (Å²) in [6.07, 6.45) is 2.54. The smallest absolute Gasteiger partial charge is 0.0728 e. The van der Waals surface area contributed by atoms with Crippen LogP contribution in [-0.4, -0.2) is 6.21 Å². The predicted octanol–water partition coefficient (Wildman–Crippen LogP) is 13.1. The second kappa shape index (κ2) is 13.2. The van der Waals surface area contributed by atoms with E-state index in [2.05, 4.69) is 175 Å². The van der Waals surface area contributed by atoms with Crippen LogP contribution in [0.15, 0.2) is 205 Å². The first kappa shape index (κ1) is 33.1. The third kappa shape index (κ3) is 4.94. The first-order valence-electron chi connectivity index (χ1n) is 19.7. The fraction of sp³-hybridized carbons (Fsp3) is 0.0364. The van der Waals surface area contributed by atoms with Gasteiger partial charge < -0.3 is 5.84 Å². The Morgan fingerprint density at radius 1 is 0.439 bits per heavy atom. The molecule has 1 spiro atoms. The minimum atomic E-state index is -0.374. The summed E-state index contributed by atoms with van der Waals surface area (Å²) in [6.45, 7) is 0. The second-order valence-corrected chi connectivity index (χ2v) is 15.2. The Kier molecular flexibility index (Phi) is 7.65. The molecule has 0 aromatic heterocycles. The van der Waals surface area contributed by atoms with Crippen LogP contribution in [0.5, 0.6) is 0 Å². The molecule has 1 unspecified atom stereocenters. The van der Waals surface area contributed by atoms with E-state index in [4.69, 9.17) is 5.84 Å². The molecule has 12 rings (SSSR count). The van der Waals surface area contributed by atoms with Crippen molar-refractivity contribution in [2.75, 3.05) is 0 Å². The summed E-state index contributed by atoms with van der Waals surface area (Å²) in [5, 5.41) is 6.25. The summed E-state index contributed by atoms with van der Waals surface area (Å²) in [6, 6.07) is 73.1. The summed E-state index contributed by atoms with van der Waals surface area (Å²) in [4.78, 5) is 0. The molecule has 0 aliphatic heterocycles. The van der Waals surface area contributed by atoms with Crippen molar-refractivity contribution in [3.8, 4) is 55.6 Å². The molecule has 2 heteroatoms. The molecule has 2 N–H and O–H groups in total. The van der Waals surface area contributed by atoms with Crippen LogP contribution in [0.25, 0.3) is 66.4 Å². The number of benzene rings is 9. The molecule has 0 radical (unpaired) electrons. The zero-order chi connectivity index (χ0) is 37.9. The average Bonchev–Trinajstić information content (AvgIpc) is 3.88. The fourth-order valence-electron chi connectivity index (χ4n) is 10.1. The van der Waals surface area contributed by atoms with Gasteiger partial charge in [0.1, 0.15) is 0 Å². The normalized spacial score (nSPS) is 14.8. The maximum Gasteiger partial charge on any atom is 0.0728 e. The molecule has 2 nitrogen and oxygen atoms in total. The summed E-state index contributed by atoms with van der Waals surface area (Å²) in [5.41, 5.74) is 22.4. The monoisotopic (exact) mass is 726 g/mol. The fourth-order valence-corrected chi connectivity index (χ4v) is 10.1. The highest BCUT2D eigenvalue weighted by Gasteiger charge is 2.53. The van der Waals surface area contributed by atoms with Gasteiger partial charge in [-0.05, 0) is 118 Å². The van der Waals surface area contributed by atoms with Crippen LogP contribution in [-0.2, 0) is 11.8 Å². The van der Waals surface area contributed by atoms with Gasteiger partial charge in [-0.1, -0.05) is 194 Å². The topological polar surface area (TPSA) is 38.4 Å². The molecule has 0 heterocycles. The number of hydrazone groups is 1. The van der Waals surface area contributed by atoms with Crippen molar-refractivity contribution in [2.24, 2.45) is 10.9 Å². The molecule has 3 aliphatic carbocycles.